The molecule has 0 aliphatic rings. The average molecular weight is 278 g/mol. The van der Waals surface area contributed by atoms with Gasteiger partial charge in [-0.05, 0) is 20.8 Å². The summed E-state index contributed by atoms with van der Waals surface area (Å²) >= 11 is 1.40. The summed E-state index contributed by atoms with van der Waals surface area (Å²) in [7, 11) is -3.81. The van der Waals surface area contributed by atoms with Crippen molar-refractivity contribution in [1.29, 1.82) is 0 Å². The van der Waals surface area contributed by atoms with E-state index in [4.69, 9.17) is 5.11 Å². The van der Waals surface area contributed by atoms with Gasteiger partial charge in [0.25, 0.3) is 0 Å². The van der Waals surface area contributed by atoms with Gasteiger partial charge in [-0.15, -0.1) is 11.3 Å². The SMILES string of the molecule is Cc1nc(C)c(C(C)NS(=O)(=O)CC(=O)O)s1. The van der Waals surface area contributed by atoms with Crippen LogP contribution in [0.3, 0.4) is 0 Å². The average Bonchev–Trinajstić information content (AvgIpc) is 2.41. The molecule has 17 heavy (non-hydrogen) atoms. The number of carboxylic acids is 1. The van der Waals surface area contributed by atoms with Crippen LogP contribution in [0, 0.1) is 13.8 Å². The van der Waals surface area contributed by atoms with Crippen molar-refractivity contribution in [1.82, 2.24) is 9.71 Å². The molecule has 1 heterocycles. The Morgan fingerprint density at radius 3 is 2.53 bits per heavy atom. The van der Waals surface area contributed by atoms with Gasteiger partial charge in [-0.25, -0.2) is 18.1 Å². The number of carbonyl (C=O) groups is 1. The molecular weight excluding hydrogens is 264 g/mol. The fourth-order valence-corrected chi connectivity index (χ4v) is 3.55. The molecule has 0 radical (unpaired) electrons. The number of nitrogens with one attached hydrogen (secondary N) is 1. The van der Waals surface area contributed by atoms with Crippen LogP contribution in [0.4, 0.5) is 0 Å². The maximum atomic E-state index is 11.4. The highest BCUT2D eigenvalue weighted by atomic mass is 32.2. The maximum Gasteiger partial charge on any atom is 0.320 e. The van der Waals surface area contributed by atoms with Gasteiger partial charge in [0, 0.05) is 4.88 Å². The third-order valence-corrected chi connectivity index (χ3v) is 4.60. The molecule has 2 N–H and O–H groups in total. The number of hydrogen-bond donors (Lipinski definition) is 2. The van der Waals surface area contributed by atoms with Crippen LogP contribution in [0.15, 0.2) is 0 Å². The lowest BCUT2D eigenvalue weighted by Crippen LogP contribution is -2.32. The maximum absolute atomic E-state index is 11.4. The summed E-state index contributed by atoms with van der Waals surface area (Å²) in [5.74, 6) is -2.30. The third kappa shape index (κ3) is 4.06. The van der Waals surface area contributed by atoms with E-state index < -0.39 is 27.8 Å². The molecule has 0 aliphatic carbocycles. The molecule has 0 aromatic carbocycles. The van der Waals surface area contributed by atoms with Gasteiger partial charge in [-0.3, -0.25) is 4.79 Å². The van der Waals surface area contributed by atoms with Crippen molar-refractivity contribution in [2.24, 2.45) is 0 Å². The fraction of sp³-hybridized carbons (Fsp3) is 0.556. The summed E-state index contributed by atoms with van der Waals surface area (Å²) in [4.78, 5) is 15.4. The Labute approximate surface area is 104 Å². The van der Waals surface area contributed by atoms with Gasteiger partial charge in [0.05, 0.1) is 16.7 Å². The molecule has 0 spiro atoms. The van der Waals surface area contributed by atoms with Crippen LogP contribution in [-0.4, -0.2) is 30.2 Å². The second kappa shape index (κ2) is 5.11. The molecule has 0 fully saturated rings. The van der Waals surface area contributed by atoms with Gasteiger partial charge in [-0.1, -0.05) is 0 Å². The van der Waals surface area contributed by atoms with Gasteiger partial charge in [-0.2, -0.15) is 0 Å². The van der Waals surface area contributed by atoms with Crippen LogP contribution in [0.2, 0.25) is 0 Å². The Bertz CT molecular complexity index is 521. The van der Waals surface area contributed by atoms with Crippen LogP contribution in [0.1, 0.15) is 28.5 Å². The lowest BCUT2D eigenvalue weighted by molar-refractivity contribution is -0.134. The lowest BCUT2D eigenvalue weighted by Gasteiger charge is -2.11. The van der Waals surface area contributed by atoms with Gasteiger partial charge in [0.2, 0.25) is 10.0 Å². The highest BCUT2D eigenvalue weighted by Gasteiger charge is 2.21. The van der Waals surface area contributed by atoms with Crippen LogP contribution in [-0.2, 0) is 14.8 Å². The molecule has 8 heteroatoms. The van der Waals surface area contributed by atoms with Crippen molar-refractivity contribution in [2.75, 3.05) is 5.75 Å². The molecular formula is C9H14N2O4S2. The first-order valence-electron chi connectivity index (χ1n) is 4.87. The van der Waals surface area contributed by atoms with Crippen molar-refractivity contribution in [3.8, 4) is 0 Å². The van der Waals surface area contributed by atoms with Crippen molar-refractivity contribution >= 4 is 27.3 Å². The minimum Gasteiger partial charge on any atom is -0.480 e. The molecule has 0 bridgehead atoms. The first kappa shape index (κ1) is 14.1. The van der Waals surface area contributed by atoms with Gasteiger partial charge < -0.3 is 5.11 Å². The minimum absolute atomic E-state index is 0.467. The number of aromatic nitrogens is 1. The van der Waals surface area contributed by atoms with E-state index in [0.717, 1.165) is 15.6 Å². The fourth-order valence-electron chi connectivity index (χ4n) is 1.48. The second-order valence-electron chi connectivity index (χ2n) is 3.67. The summed E-state index contributed by atoms with van der Waals surface area (Å²) in [5.41, 5.74) is 0.762. The number of sulfonamides is 1. The van der Waals surface area contributed by atoms with E-state index in [2.05, 4.69) is 9.71 Å². The highest BCUT2D eigenvalue weighted by molar-refractivity contribution is 7.90. The number of nitrogens with zero attached hydrogens (tertiary/aromatic N) is 1. The topological polar surface area (TPSA) is 96.4 Å². The normalized spacial score (nSPS) is 13.6. The van der Waals surface area contributed by atoms with E-state index in [-0.39, 0.29) is 0 Å². The Hall–Kier alpha value is -0.990. The predicted octanol–water partition coefficient (Wildman–Crippen LogP) is 0.825. The molecule has 6 nitrogen and oxygen atoms in total. The zero-order valence-corrected chi connectivity index (χ0v) is 11.4. The second-order valence-corrected chi connectivity index (χ2v) is 6.66. The quantitative estimate of drug-likeness (QED) is 0.831. The van der Waals surface area contributed by atoms with Crippen LogP contribution in [0.25, 0.3) is 0 Å². The summed E-state index contributed by atoms with van der Waals surface area (Å²) in [6, 6.07) is -0.467. The van der Waals surface area contributed by atoms with E-state index in [1.807, 2.05) is 6.92 Å². The summed E-state index contributed by atoms with van der Waals surface area (Å²) in [5, 5.41) is 9.31. The highest BCUT2D eigenvalue weighted by Crippen LogP contribution is 2.24. The number of aryl methyl sites for hydroxylation is 2. The number of aliphatic carboxylic acids is 1. The molecule has 0 saturated heterocycles. The van der Waals surface area contributed by atoms with Crippen LogP contribution >= 0.6 is 11.3 Å². The molecule has 1 atom stereocenters. The Kier molecular flexibility index (Phi) is 4.23. The molecule has 0 amide bonds. The summed E-state index contributed by atoms with van der Waals surface area (Å²) in [6.07, 6.45) is 0. The largest absolute Gasteiger partial charge is 0.480 e. The van der Waals surface area contributed by atoms with Crippen molar-refractivity contribution < 1.29 is 18.3 Å². The molecule has 1 rings (SSSR count). The molecule has 1 aromatic heterocycles. The number of hydrogen-bond acceptors (Lipinski definition) is 5. The van der Waals surface area contributed by atoms with E-state index in [9.17, 15) is 13.2 Å². The molecule has 1 aromatic rings. The zero-order valence-electron chi connectivity index (χ0n) is 9.72. The van der Waals surface area contributed by atoms with E-state index in [1.54, 1.807) is 13.8 Å². The van der Waals surface area contributed by atoms with E-state index in [1.165, 1.54) is 11.3 Å². The van der Waals surface area contributed by atoms with Gasteiger partial charge >= 0.3 is 5.97 Å². The smallest absolute Gasteiger partial charge is 0.320 e. The standard InChI is InChI=1S/C9H14N2O4S2/c1-5-9(16-7(3)10-5)6(2)11-17(14,15)4-8(12)13/h6,11H,4H2,1-3H3,(H,12,13). The van der Waals surface area contributed by atoms with Crippen molar-refractivity contribution in [3.05, 3.63) is 15.6 Å². The van der Waals surface area contributed by atoms with Crippen molar-refractivity contribution in [2.45, 2.75) is 26.8 Å². The predicted molar refractivity (Wildman–Crippen MR) is 64.6 cm³/mol. The van der Waals surface area contributed by atoms with Gasteiger partial charge in [0.15, 0.2) is 5.75 Å². The van der Waals surface area contributed by atoms with E-state index >= 15 is 0 Å². The first-order valence-corrected chi connectivity index (χ1v) is 7.34. The van der Waals surface area contributed by atoms with E-state index in [0.29, 0.717) is 0 Å². The number of thiazole rings is 1. The monoisotopic (exact) mass is 278 g/mol. The van der Waals surface area contributed by atoms with Gasteiger partial charge in [0.1, 0.15) is 0 Å². The van der Waals surface area contributed by atoms with Crippen LogP contribution < -0.4 is 4.72 Å². The molecule has 96 valence electrons. The Morgan fingerprint density at radius 1 is 1.53 bits per heavy atom. The first-order chi connectivity index (χ1) is 7.71. The Morgan fingerprint density at radius 2 is 2.12 bits per heavy atom. The third-order valence-electron chi connectivity index (χ3n) is 2.00. The summed E-state index contributed by atoms with van der Waals surface area (Å²) in [6.45, 7) is 5.29. The van der Waals surface area contributed by atoms with Crippen LogP contribution in [0.5, 0.6) is 0 Å². The molecule has 1 unspecified atom stereocenters. The van der Waals surface area contributed by atoms with Crippen molar-refractivity contribution in [3.63, 3.8) is 0 Å². The summed E-state index contributed by atoms with van der Waals surface area (Å²) < 4.78 is 25.2. The number of rotatable bonds is 5. The number of carboxylic acid groups (broad SMARTS) is 1. The minimum atomic E-state index is -3.81. The molecule has 0 aliphatic heterocycles. The molecule has 0 saturated carbocycles. The lowest BCUT2D eigenvalue weighted by atomic mass is 10.2. The zero-order chi connectivity index (χ0) is 13.2. The Balaban J connectivity index is 2.83.